The molecule has 0 bridgehead atoms. The zero-order chi connectivity index (χ0) is 11.9. The Hall–Kier alpha value is -1.55. The summed E-state index contributed by atoms with van der Waals surface area (Å²) in [4.78, 5) is 10.7. The van der Waals surface area contributed by atoms with E-state index in [-0.39, 0.29) is 0 Å². The number of carboxylic acid groups (broad SMARTS) is 1. The molecule has 1 atom stereocenters. The SMILES string of the molecule is Cc1cc(Cl)cc2c1OC(F)C(C(=O)O)=C2. The van der Waals surface area contributed by atoms with E-state index in [1.165, 1.54) is 6.08 Å². The lowest BCUT2D eigenvalue weighted by Gasteiger charge is -2.21. The van der Waals surface area contributed by atoms with Crippen molar-refractivity contribution in [1.82, 2.24) is 0 Å². The second-order valence-electron chi connectivity index (χ2n) is 3.48. The minimum atomic E-state index is -1.94. The highest BCUT2D eigenvalue weighted by Gasteiger charge is 2.28. The third kappa shape index (κ3) is 1.76. The lowest BCUT2D eigenvalue weighted by atomic mass is 10.0. The average molecular weight is 243 g/mol. The van der Waals surface area contributed by atoms with Crippen LogP contribution in [-0.4, -0.2) is 17.4 Å². The Balaban J connectivity index is 2.59. The summed E-state index contributed by atoms with van der Waals surface area (Å²) in [6.07, 6.45) is -0.699. The number of halogens is 2. The number of aliphatic carboxylic acids is 1. The molecule has 1 aliphatic rings. The number of hydrogen-bond acceptors (Lipinski definition) is 2. The predicted octanol–water partition coefficient (Wildman–Crippen LogP) is 2.80. The Morgan fingerprint density at radius 3 is 2.88 bits per heavy atom. The van der Waals surface area contributed by atoms with Crippen molar-refractivity contribution in [2.75, 3.05) is 0 Å². The van der Waals surface area contributed by atoms with Crippen LogP contribution in [0.25, 0.3) is 6.08 Å². The third-order valence-electron chi connectivity index (χ3n) is 2.29. The van der Waals surface area contributed by atoms with Crippen molar-refractivity contribution in [2.24, 2.45) is 0 Å². The summed E-state index contributed by atoms with van der Waals surface area (Å²) >= 11 is 5.82. The molecule has 5 heteroatoms. The number of carboxylic acids is 1. The summed E-state index contributed by atoms with van der Waals surface area (Å²) in [7, 11) is 0. The minimum absolute atomic E-state index is 0.335. The maximum atomic E-state index is 13.4. The molecule has 0 amide bonds. The molecule has 16 heavy (non-hydrogen) atoms. The quantitative estimate of drug-likeness (QED) is 0.824. The van der Waals surface area contributed by atoms with Gasteiger partial charge in [-0.2, -0.15) is 4.39 Å². The third-order valence-corrected chi connectivity index (χ3v) is 2.51. The van der Waals surface area contributed by atoms with Gasteiger partial charge in [-0.15, -0.1) is 0 Å². The van der Waals surface area contributed by atoms with Crippen LogP contribution in [0.15, 0.2) is 17.7 Å². The number of benzene rings is 1. The first-order valence-corrected chi connectivity index (χ1v) is 4.92. The Bertz CT molecular complexity index is 496. The van der Waals surface area contributed by atoms with Gasteiger partial charge >= 0.3 is 5.97 Å². The Morgan fingerprint density at radius 1 is 1.56 bits per heavy atom. The molecule has 1 N–H and O–H groups in total. The summed E-state index contributed by atoms with van der Waals surface area (Å²) in [5.41, 5.74) is 0.733. The van der Waals surface area contributed by atoms with Gasteiger partial charge in [-0.05, 0) is 30.7 Å². The lowest BCUT2D eigenvalue weighted by molar-refractivity contribution is -0.134. The van der Waals surface area contributed by atoms with Gasteiger partial charge in [-0.25, -0.2) is 4.79 Å². The second kappa shape index (κ2) is 3.79. The van der Waals surface area contributed by atoms with Gasteiger partial charge < -0.3 is 9.84 Å². The van der Waals surface area contributed by atoms with Crippen molar-refractivity contribution in [2.45, 2.75) is 13.3 Å². The van der Waals surface area contributed by atoms with E-state index >= 15 is 0 Å². The molecule has 0 saturated carbocycles. The van der Waals surface area contributed by atoms with Crippen molar-refractivity contribution >= 4 is 23.6 Å². The van der Waals surface area contributed by atoms with Gasteiger partial charge in [0.05, 0.1) is 0 Å². The number of carbonyl (C=O) groups is 1. The minimum Gasteiger partial charge on any atom is -0.478 e. The van der Waals surface area contributed by atoms with Gasteiger partial charge in [-0.1, -0.05) is 11.6 Å². The zero-order valence-corrected chi connectivity index (χ0v) is 9.08. The van der Waals surface area contributed by atoms with Crippen LogP contribution in [0.5, 0.6) is 5.75 Å². The molecule has 1 unspecified atom stereocenters. The molecule has 1 aromatic carbocycles. The molecule has 1 aliphatic heterocycles. The molecule has 2 rings (SSSR count). The van der Waals surface area contributed by atoms with E-state index in [0.717, 1.165) is 0 Å². The largest absolute Gasteiger partial charge is 0.478 e. The highest BCUT2D eigenvalue weighted by molar-refractivity contribution is 6.30. The van der Waals surface area contributed by atoms with Crippen LogP contribution in [0.4, 0.5) is 4.39 Å². The maximum Gasteiger partial charge on any atom is 0.338 e. The highest BCUT2D eigenvalue weighted by Crippen LogP contribution is 2.35. The van der Waals surface area contributed by atoms with E-state index in [9.17, 15) is 9.18 Å². The van der Waals surface area contributed by atoms with Crippen LogP contribution in [0.1, 0.15) is 11.1 Å². The van der Waals surface area contributed by atoms with Crippen molar-refractivity contribution in [3.63, 3.8) is 0 Å². The molecular weight excluding hydrogens is 235 g/mol. The first-order valence-electron chi connectivity index (χ1n) is 4.55. The fraction of sp³-hybridized carbons (Fsp3) is 0.182. The number of alkyl halides is 1. The molecule has 0 radical (unpaired) electrons. The molecule has 0 spiro atoms. The number of fused-ring (bicyclic) bond motifs is 1. The van der Waals surface area contributed by atoms with Gasteiger partial charge in [0.2, 0.25) is 0 Å². The van der Waals surface area contributed by atoms with Crippen LogP contribution >= 0.6 is 11.6 Å². The molecule has 84 valence electrons. The zero-order valence-electron chi connectivity index (χ0n) is 8.33. The standard InChI is InChI=1S/C11H8ClFO3/c1-5-2-7(12)3-6-4-8(11(14)15)10(13)16-9(5)6/h2-4,10H,1H3,(H,14,15). The first-order chi connectivity index (χ1) is 7.49. The van der Waals surface area contributed by atoms with Crippen LogP contribution in [-0.2, 0) is 4.79 Å². The lowest BCUT2D eigenvalue weighted by Crippen LogP contribution is -2.23. The highest BCUT2D eigenvalue weighted by atomic mass is 35.5. The van der Waals surface area contributed by atoms with Gasteiger partial charge in [-0.3, -0.25) is 0 Å². The smallest absolute Gasteiger partial charge is 0.338 e. The van der Waals surface area contributed by atoms with Crippen molar-refractivity contribution in [3.8, 4) is 5.75 Å². The molecule has 0 fully saturated rings. The number of hydrogen-bond donors (Lipinski definition) is 1. The van der Waals surface area contributed by atoms with Crippen molar-refractivity contribution < 1.29 is 19.0 Å². The average Bonchev–Trinajstić information content (AvgIpc) is 2.18. The van der Waals surface area contributed by atoms with Crippen molar-refractivity contribution in [1.29, 1.82) is 0 Å². The van der Waals surface area contributed by atoms with Crippen LogP contribution in [0.2, 0.25) is 5.02 Å². The van der Waals surface area contributed by atoms with E-state index in [2.05, 4.69) is 0 Å². The molecular formula is C11H8ClFO3. The Kier molecular flexibility index (Phi) is 2.59. The van der Waals surface area contributed by atoms with E-state index < -0.39 is 17.9 Å². The summed E-state index contributed by atoms with van der Waals surface area (Å²) in [6, 6.07) is 3.17. The van der Waals surface area contributed by atoms with E-state index in [0.29, 0.717) is 21.9 Å². The maximum absolute atomic E-state index is 13.4. The fourth-order valence-corrected chi connectivity index (χ4v) is 1.86. The molecule has 0 saturated heterocycles. The Morgan fingerprint density at radius 2 is 2.25 bits per heavy atom. The van der Waals surface area contributed by atoms with Gasteiger partial charge in [0, 0.05) is 10.6 Å². The number of ether oxygens (including phenoxy) is 1. The van der Waals surface area contributed by atoms with Gasteiger partial charge in [0.15, 0.2) is 0 Å². The number of aryl methyl sites for hydroxylation is 1. The normalized spacial score (nSPS) is 18.4. The summed E-state index contributed by atoms with van der Waals surface area (Å²) < 4.78 is 18.3. The molecule has 1 heterocycles. The first kappa shape index (κ1) is 11.0. The fourth-order valence-electron chi connectivity index (χ4n) is 1.58. The molecule has 1 aromatic rings. The van der Waals surface area contributed by atoms with Crippen LogP contribution in [0.3, 0.4) is 0 Å². The molecule has 3 nitrogen and oxygen atoms in total. The van der Waals surface area contributed by atoms with Crippen LogP contribution < -0.4 is 4.74 Å². The monoisotopic (exact) mass is 242 g/mol. The summed E-state index contributed by atoms with van der Waals surface area (Å²) in [5, 5.41) is 9.21. The Labute approximate surface area is 96.1 Å². The van der Waals surface area contributed by atoms with E-state index in [1.54, 1.807) is 19.1 Å². The summed E-state index contributed by atoms with van der Waals surface area (Å²) in [5.74, 6) is -1.00. The summed E-state index contributed by atoms with van der Waals surface area (Å²) in [6.45, 7) is 1.72. The van der Waals surface area contributed by atoms with E-state index in [1.807, 2.05) is 0 Å². The topological polar surface area (TPSA) is 46.5 Å². The van der Waals surface area contributed by atoms with Gasteiger partial charge in [0.25, 0.3) is 6.36 Å². The molecule has 0 aliphatic carbocycles. The van der Waals surface area contributed by atoms with Crippen LogP contribution in [0, 0.1) is 6.92 Å². The van der Waals surface area contributed by atoms with E-state index in [4.69, 9.17) is 21.4 Å². The van der Waals surface area contributed by atoms with Crippen molar-refractivity contribution in [3.05, 3.63) is 33.9 Å². The van der Waals surface area contributed by atoms with Gasteiger partial charge in [0.1, 0.15) is 11.3 Å². The molecule has 0 aromatic heterocycles. The second-order valence-corrected chi connectivity index (χ2v) is 3.92. The number of rotatable bonds is 1. The predicted molar refractivity (Wildman–Crippen MR) is 57.3 cm³/mol.